The van der Waals surface area contributed by atoms with Gasteiger partial charge in [-0.15, -0.1) is 0 Å². The van der Waals surface area contributed by atoms with Crippen LogP contribution in [-0.2, 0) is 13.0 Å². The number of pyridine rings is 1. The lowest BCUT2D eigenvalue weighted by Gasteiger charge is -2.30. The highest BCUT2D eigenvalue weighted by atomic mass is 35.5. The van der Waals surface area contributed by atoms with Crippen LogP contribution in [0.4, 0.5) is 5.82 Å². The molecular weight excluding hydrogens is 272 g/mol. The maximum Gasteiger partial charge on any atom is 0.128 e. The minimum atomic E-state index is 0.657. The predicted molar refractivity (Wildman–Crippen MR) is 78.0 cm³/mol. The first kappa shape index (κ1) is 12.1. The second-order valence-corrected chi connectivity index (χ2v) is 5.90. The molecule has 3 heterocycles. The van der Waals surface area contributed by atoms with E-state index in [1.165, 1.54) is 29.8 Å². The summed E-state index contributed by atoms with van der Waals surface area (Å²) in [7, 11) is 0. The zero-order valence-electron chi connectivity index (χ0n) is 11.1. The van der Waals surface area contributed by atoms with E-state index in [4.69, 9.17) is 11.6 Å². The van der Waals surface area contributed by atoms with Gasteiger partial charge in [0.2, 0.25) is 0 Å². The summed E-state index contributed by atoms with van der Waals surface area (Å²) in [5, 5.41) is 0.674. The Bertz CT molecular complexity index is 637. The van der Waals surface area contributed by atoms with Gasteiger partial charge in [0, 0.05) is 37.2 Å². The molecule has 1 fully saturated rings. The number of fused-ring (bicyclic) bond motifs is 1. The largest absolute Gasteiger partial charge is 0.352 e. The van der Waals surface area contributed by atoms with E-state index in [1.54, 1.807) is 12.5 Å². The van der Waals surface area contributed by atoms with E-state index >= 15 is 0 Å². The summed E-state index contributed by atoms with van der Waals surface area (Å²) >= 11 is 5.91. The van der Waals surface area contributed by atoms with Crippen molar-refractivity contribution in [1.82, 2.24) is 15.0 Å². The molecule has 2 aliphatic rings. The second kappa shape index (κ2) is 4.70. The Labute approximate surface area is 122 Å². The summed E-state index contributed by atoms with van der Waals surface area (Å²) in [5.41, 5.74) is 3.79. The molecule has 0 radical (unpaired) electrons. The monoisotopic (exact) mass is 286 g/mol. The quantitative estimate of drug-likeness (QED) is 0.851. The first-order valence-corrected chi connectivity index (χ1v) is 7.38. The minimum absolute atomic E-state index is 0.657. The van der Waals surface area contributed by atoms with Gasteiger partial charge in [0.25, 0.3) is 0 Å². The van der Waals surface area contributed by atoms with E-state index in [1.807, 2.05) is 12.1 Å². The Morgan fingerprint density at radius 3 is 2.80 bits per heavy atom. The lowest BCUT2D eigenvalue weighted by atomic mass is 10.0. The number of aromatic nitrogens is 3. The molecule has 0 saturated heterocycles. The van der Waals surface area contributed by atoms with Crippen LogP contribution in [0.1, 0.15) is 35.7 Å². The van der Waals surface area contributed by atoms with Crippen molar-refractivity contribution in [3.05, 3.63) is 46.6 Å². The zero-order chi connectivity index (χ0) is 13.5. The maximum absolute atomic E-state index is 5.91. The van der Waals surface area contributed by atoms with Crippen LogP contribution in [0.2, 0.25) is 5.02 Å². The fourth-order valence-electron chi connectivity index (χ4n) is 2.82. The van der Waals surface area contributed by atoms with Gasteiger partial charge in [-0.2, -0.15) is 0 Å². The highest BCUT2D eigenvalue weighted by molar-refractivity contribution is 6.30. The third kappa shape index (κ3) is 2.14. The number of hydrogen-bond donors (Lipinski definition) is 0. The van der Waals surface area contributed by atoms with Gasteiger partial charge in [-0.25, -0.2) is 15.0 Å². The molecule has 102 valence electrons. The maximum atomic E-state index is 5.91. The lowest BCUT2D eigenvalue weighted by Crippen LogP contribution is -2.32. The Hall–Kier alpha value is -1.68. The van der Waals surface area contributed by atoms with Gasteiger partial charge < -0.3 is 4.90 Å². The summed E-state index contributed by atoms with van der Waals surface area (Å²) in [6.45, 7) is 1.80. The first-order chi connectivity index (χ1) is 9.81. The third-order valence-corrected chi connectivity index (χ3v) is 4.26. The molecule has 0 bridgehead atoms. The molecule has 0 atom stereocenters. The lowest BCUT2D eigenvalue weighted by molar-refractivity contribution is 0.683. The molecule has 0 N–H and O–H groups in total. The van der Waals surface area contributed by atoms with Gasteiger partial charge in [0.05, 0.1) is 16.4 Å². The predicted octanol–water partition coefficient (Wildman–Crippen LogP) is 2.97. The van der Waals surface area contributed by atoms with Gasteiger partial charge in [-0.1, -0.05) is 11.6 Å². The molecule has 0 spiro atoms. The summed E-state index contributed by atoms with van der Waals surface area (Å²) in [5.74, 6) is 1.63. The SMILES string of the molecule is Clc1ccc(N2CCc3ncnc(C4CC4)c3C2)nc1. The average molecular weight is 287 g/mol. The van der Waals surface area contributed by atoms with Crippen LogP contribution in [0.3, 0.4) is 0 Å². The van der Waals surface area contributed by atoms with Crippen molar-refractivity contribution in [2.75, 3.05) is 11.4 Å². The molecule has 2 aromatic rings. The van der Waals surface area contributed by atoms with Crippen LogP contribution >= 0.6 is 11.6 Å². The van der Waals surface area contributed by atoms with E-state index in [0.717, 1.165) is 25.3 Å². The zero-order valence-corrected chi connectivity index (χ0v) is 11.8. The van der Waals surface area contributed by atoms with Gasteiger partial charge in [0.1, 0.15) is 12.1 Å². The molecule has 4 rings (SSSR count). The van der Waals surface area contributed by atoms with Crippen molar-refractivity contribution in [2.24, 2.45) is 0 Å². The van der Waals surface area contributed by atoms with Crippen molar-refractivity contribution in [2.45, 2.75) is 31.7 Å². The number of rotatable bonds is 2. The Morgan fingerprint density at radius 1 is 1.15 bits per heavy atom. The van der Waals surface area contributed by atoms with Crippen LogP contribution < -0.4 is 4.90 Å². The van der Waals surface area contributed by atoms with Gasteiger partial charge >= 0.3 is 0 Å². The Morgan fingerprint density at radius 2 is 2.05 bits per heavy atom. The van der Waals surface area contributed by atoms with Crippen LogP contribution in [0, 0.1) is 0 Å². The first-order valence-electron chi connectivity index (χ1n) is 7.00. The Kier molecular flexibility index (Phi) is 2.84. The highest BCUT2D eigenvalue weighted by Crippen LogP contribution is 2.42. The molecule has 1 aliphatic heterocycles. The Balaban J connectivity index is 1.67. The molecule has 2 aromatic heterocycles. The van der Waals surface area contributed by atoms with Crippen molar-refractivity contribution in [3.63, 3.8) is 0 Å². The van der Waals surface area contributed by atoms with Crippen LogP contribution in [0.15, 0.2) is 24.7 Å². The van der Waals surface area contributed by atoms with Crippen LogP contribution in [-0.4, -0.2) is 21.5 Å². The number of hydrogen-bond acceptors (Lipinski definition) is 4. The number of anilines is 1. The van der Waals surface area contributed by atoms with Gasteiger partial charge in [-0.05, 0) is 25.0 Å². The molecule has 0 aromatic carbocycles. The number of halogens is 1. The van der Waals surface area contributed by atoms with E-state index < -0.39 is 0 Å². The molecule has 5 heteroatoms. The summed E-state index contributed by atoms with van der Waals surface area (Å²) in [6, 6.07) is 3.87. The van der Waals surface area contributed by atoms with Crippen molar-refractivity contribution in [1.29, 1.82) is 0 Å². The van der Waals surface area contributed by atoms with Gasteiger partial charge in [0.15, 0.2) is 0 Å². The fraction of sp³-hybridized carbons (Fsp3) is 0.400. The fourth-order valence-corrected chi connectivity index (χ4v) is 2.93. The van der Waals surface area contributed by atoms with Crippen LogP contribution in [0.5, 0.6) is 0 Å². The minimum Gasteiger partial charge on any atom is -0.352 e. The standard InChI is InChI=1S/C15H15ClN4/c16-11-3-4-14(17-7-11)20-6-5-13-12(8-20)15(10-1-2-10)19-9-18-13/h3-4,7,9-10H,1-2,5-6,8H2. The van der Waals surface area contributed by atoms with Crippen molar-refractivity contribution in [3.8, 4) is 0 Å². The van der Waals surface area contributed by atoms with Gasteiger partial charge in [-0.3, -0.25) is 0 Å². The summed E-state index contributed by atoms with van der Waals surface area (Å²) < 4.78 is 0. The smallest absolute Gasteiger partial charge is 0.128 e. The van der Waals surface area contributed by atoms with E-state index in [-0.39, 0.29) is 0 Å². The van der Waals surface area contributed by atoms with E-state index in [2.05, 4.69) is 19.9 Å². The molecule has 0 unspecified atom stereocenters. The molecule has 1 saturated carbocycles. The molecular formula is C15H15ClN4. The normalized spacial score (nSPS) is 17.9. The summed E-state index contributed by atoms with van der Waals surface area (Å²) in [6.07, 6.45) is 6.92. The molecule has 4 nitrogen and oxygen atoms in total. The molecule has 1 aliphatic carbocycles. The summed E-state index contributed by atoms with van der Waals surface area (Å²) in [4.78, 5) is 15.7. The van der Waals surface area contributed by atoms with E-state index in [0.29, 0.717) is 10.9 Å². The van der Waals surface area contributed by atoms with Crippen molar-refractivity contribution < 1.29 is 0 Å². The van der Waals surface area contributed by atoms with E-state index in [9.17, 15) is 0 Å². The number of nitrogens with zero attached hydrogens (tertiary/aromatic N) is 4. The van der Waals surface area contributed by atoms with Crippen LogP contribution in [0.25, 0.3) is 0 Å². The average Bonchev–Trinajstić information content (AvgIpc) is 3.31. The second-order valence-electron chi connectivity index (χ2n) is 5.46. The molecule has 0 amide bonds. The third-order valence-electron chi connectivity index (χ3n) is 4.04. The highest BCUT2D eigenvalue weighted by Gasteiger charge is 2.31. The molecule has 20 heavy (non-hydrogen) atoms. The van der Waals surface area contributed by atoms with Crippen molar-refractivity contribution >= 4 is 17.4 Å². The topological polar surface area (TPSA) is 41.9 Å².